The fourth-order valence-electron chi connectivity index (χ4n) is 8.28. The van der Waals surface area contributed by atoms with Crippen LogP contribution in [0, 0.1) is 0 Å². The molecule has 0 radical (unpaired) electrons. The molecule has 5 nitrogen and oxygen atoms in total. The monoisotopic (exact) mass is 671 g/mol. The van der Waals surface area contributed by atoms with Crippen LogP contribution in [0.2, 0.25) is 0 Å². The Morgan fingerprint density at radius 1 is 0.577 bits per heavy atom. The van der Waals surface area contributed by atoms with Crippen molar-refractivity contribution < 1.29 is 8.83 Å². The number of para-hydroxylation sites is 1. The third kappa shape index (κ3) is 4.70. The second-order valence-electron chi connectivity index (χ2n) is 13.9. The van der Waals surface area contributed by atoms with E-state index in [0.717, 1.165) is 85.2 Å². The molecule has 2 aromatic heterocycles. The molecule has 11 rings (SSSR count). The summed E-state index contributed by atoms with van der Waals surface area (Å²) >= 11 is 0. The Morgan fingerprint density at radius 3 is 2.19 bits per heavy atom. The number of amidine groups is 1. The average Bonchev–Trinajstić information content (AvgIpc) is 3.78. The van der Waals surface area contributed by atoms with E-state index < -0.39 is 0 Å². The molecular formula is C47H33N3O2. The van der Waals surface area contributed by atoms with Gasteiger partial charge in [0.1, 0.15) is 40.7 Å². The van der Waals surface area contributed by atoms with Crippen molar-refractivity contribution in [2.75, 3.05) is 0 Å². The summed E-state index contributed by atoms with van der Waals surface area (Å²) in [7, 11) is 0. The predicted octanol–water partition coefficient (Wildman–Crippen LogP) is 11.4. The average molecular weight is 672 g/mol. The van der Waals surface area contributed by atoms with E-state index >= 15 is 0 Å². The molecule has 0 fully saturated rings. The zero-order valence-electron chi connectivity index (χ0n) is 28.3. The van der Waals surface area contributed by atoms with Gasteiger partial charge in [-0.25, -0.2) is 4.99 Å². The molecule has 2 unspecified atom stereocenters. The lowest BCUT2D eigenvalue weighted by Crippen LogP contribution is -2.45. The maximum atomic E-state index is 6.79. The van der Waals surface area contributed by atoms with Crippen molar-refractivity contribution in [2.24, 2.45) is 4.99 Å². The summed E-state index contributed by atoms with van der Waals surface area (Å²) in [6.07, 6.45) is 3.66. The van der Waals surface area contributed by atoms with Gasteiger partial charge in [0.2, 0.25) is 0 Å². The first kappa shape index (κ1) is 29.3. The first-order chi connectivity index (χ1) is 25.7. The lowest BCUT2D eigenvalue weighted by atomic mass is 9.89. The third-order valence-corrected chi connectivity index (χ3v) is 10.8. The van der Waals surface area contributed by atoms with E-state index in [1.807, 2.05) is 12.1 Å². The number of hydrogen-bond donors (Lipinski definition) is 2. The Bertz CT molecular complexity index is 2950. The van der Waals surface area contributed by atoms with Crippen LogP contribution in [0.4, 0.5) is 0 Å². The van der Waals surface area contributed by atoms with Crippen molar-refractivity contribution in [1.29, 1.82) is 0 Å². The highest BCUT2D eigenvalue weighted by molar-refractivity contribution is 6.06. The van der Waals surface area contributed by atoms with E-state index in [4.69, 9.17) is 13.8 Å². The summed E-state index contributed by atoms with van der Waals surface area (Å²) < 4.78 is 13.1. The van der Waals surface area contributed by atoms with Crippen LogP contribution in [0.1, 0.15) is 52.3 Å². The minimum atomic E-state index is -0.263. The molecule has 1 aliphatic carbocycles. The number of fused-ring (bicyclic) bond motifs is 8. The van der Waals surface area contributed by atoms with Gasteiger partial charge in [-0.2, -0.15) is 0 Å². The molecule has 0 spiro atoms. The molecule has 2 atom stereocenters. The molecule has 0 saturated heterocycles. The van der Waals surface area contributed by atoms with Gasteiger partial charge < -0.3 is 14.2 Å². The zero-order chi connectivity index (χ0) is 34.2. The Balaban J connectivity index is 1.03. The lowest BCUT2D eigenvalue weighted by molar-refractivity contribution is 0.411. The molecule has 1 aliphatic heterocycles. The van der Waals surface area contributed by atoms with Gasteiger partial charge in [0, 0.05) is 38.4 Å². The van der Waals surface area contributed by atoms with E-state index in [9.17, 15) is 0 Å². The van der Waals surface area contributed by atoms with E-state index in [1.165, 1.54) is 27.1 Å². The second kappa shape index (κ2) is 11.6. The fraction of sp³-hybridized carbons (Fsp3) is 0.0851. The number of benzene rings is 7. The maximum absolute atomic E-state index is 6.79. The molecule has 7 aromatic carbocycles. The van der Waals surface area contributed by atoms with Crippen LogP contribution < -0.4 is 10.6 Å². The largest absolute Gasteiger partial charge is 0.456 e. The molecule has 52 heavy (non-hydrogen) atoms. The molecule has 9 aromatic rings. The molecule has 5 heteroatoms. The summed E-state index contributed by atoms with van der Waals surface area (Å²) in [5.41, 5.74) is 9.47. The van der Waals surface area contributed by atoms with E-state index in [0.29, 0.717) is 0 Å². The van der Waals surface area contributed by atoms with E-state index in [1.54, 1.807) is 0 Å². The standard InChI is InChI=1S/C47H33N3O2/c1-3-11-30-25-33(21-19-28(30)9-1)45-48-46(34-22-20-29-10-2-4-12-31(29)26-34)50-47(49-45)39-16-8-18-41-43(39)38-15-7-14-35(44(38)52-41)32-23-24-37-36-13-5-6-17-40(36)51-42(37)27-32/h1-6,8-14,16-27,45,47,49H,7,15H2,(H,48,50). The number of nitrogens with zero attached hydrogens (tertiary/aromatic N) is 1. The SMILES string of the molecule is C1=C(c2ccc3c(c2)oc2ccccc23)c2oc3cccc(C4NC(c5ccc6ccccc6c5)=NC(c5ccc6ccccc6c5)N4)c3c2CC1. The van der Waals surface area contributed by atoms with Crippen molar-refractivity contribution in [2.45, 2.75) is 25.2 Å². The molecule has 2 N–H and O–H groups in total. The number of nitrogens with one attached hydrogen (secondary N) is 2. The van der Waals surface area contributed by atoms with Crippen molar-refractivity contribution >= 4 is 65.9 Å². The van der Waals surface area contributed by atoms with Gasteiger partial charge in [-0.15, -0.1) is 0 Å². The highest BCUT2D eigenvalue weighted by atomic mass is 16.3. The van der Waals surface area contributed by atoms with E-state index in [-0.39, 0.29) is 12.3 Å². The van der Waals surface area contributed by atoms with Crippen LogP contribution in [0.3, 0.4) is 0 Å². The van der Waals surface area contributed by atoms with Crippen LogP contribution >= 0.6 is 0 Å². The molecule has 0 amide bonds. The van der Waals surface area contributed by atoms with Gasteiger partial charge in [0.15, 0.2) is 0 Å². The van der Waals surface area contributed by atoms with Crippen molar-refractivity contribution in [3.8, 4) is 0 Å². The Hall–Kier alpha value is -6.43. The summed E-state index contributed by atoms with van der Waals surface area (Å²) in [5, 5.41) is 15.9. The highest BCUT2D eigenvalue weighted by Crippen LogP contribution is 2.42. The van der Waals surface area contributed by atoms with Crippen LogP contribution in [0.15, 0.2) is 165 Å². The molecule has 2 aliphatic rings. The summed E-state index contributed by atoms with van der Waals surface area (Å²) in [5.74, 6) is 1.80. The summed E-state index contributed by atoms with van der Waals surface area (Å²) in [6.45, 7) is 0. The lowest BCUT2D eigenvalue weighted by Gasteiger charge is -2.33. The predicted molar refractivity (Wildman–Crippen MR) is 212 cm³/mol. The third-order valence-electron chi connectivity index (χ3n) is 10.8. The van der Waals surface area contributed by atoms with Crippen molar-refractivity contribution in [1.82, 2.24) is 10.6 Å². The quantitative estimate of drug-likeness (QED) is 0.195. The summed E-state index contributed by atoms with van der Waals surface area (Å²) in [4.78, 5) is 5.31. The molecular weight excluding hydrogens is 639 g/mol. The highest BCUT2D eigenvalue weighted by Gasteiger charge is 2.30. The molecule has 0 bridgehead atoms. The van der Waals surface area contributed by atoms with Gasteiger partial charge in [0.25, 0.3) is 0 Å². The minimum Gasteiger partial charge on any atom is -0.456 e. The van der Waals surface area contributed by atoms with Gasteiger partial charge in [0.05, 0.1) is 0 Å². The minimum absolute atomic E-state index is 0.220. The number of aryl methyl sites for hydroxylation is 1. The van der Waals surface area contributed by atoms with Crippen LogP contribution in [-0.4, -0.2) is 5.84 Å². The van der Waals surface area contributed by atoms with Gasteiger partial charge in [-0.05, 0) is 81.9 Å². The molecule has 0 saturated carbocycles. The van der Waals surface area contributed by atoms with Crippen LogP contribution in [-0.2, 0) is 6.42 Å². The van der Waals surface area contributed by atoms with Crippen LogP contribution in [0.5, 0.6) is 0 Å². The first-order valence-corrected chi connectivity index (χ1v) is 18.0. The topological polar surface area (TPSA) is 62.7 Å². The number of furan rings is 2. The fourth-order valence-corrected chi connectivity index (χ4v) is 8.28. The number of hydrogen-bond acceptors (Lipinski definition) is 5. The van der Waals surface area contributed by atoms with Crippen LogP contribution in [0.25, 0.3) is 60.0 Å². The van der Waals surface area contributed by atoms with Gasteiger partial charge >= 0.3 is 0 Å². The van der Waals surface area contributed by atoms with Gasteiger partial charge in [-0.3, -0.25) is 5.32 Å². The maximum Gasteiger partial charge on any atom is 0.138 e. The Labute approximate surface area is 299 Å². The first-order valence-electron chi connectivity index (χ1n) is 18.0. The number of aliphatic imine (C=N–C) groups is 1. The van der Waals surface area contributed by atoms with E-state index in [2.05, 4.69) is 150 Å². The Morgan fingerprint density at radius 2 is 1.31 bits per heavy atom. The van der Waals surface area contributed by atoms with Gasteiger partial charge in [-0.1, -0.05) is 115 Å². The normalized spacial score (nSPS) is 17.4. The Kier molecular flexibility index (Phi) is 6.51. The number of allylic oxidation sites excluding steroid dienone is 1. The second-order valence-corrected chi connectivity index (χ2v) is 13.9. The van der Waals surface area contributed by atoms with Crippen molar-refractivity contribution in [3.05, 3.63) is 185 Å². The molecule has 3 heterocycles. The number of rotatable bonds is 4. The van der Waals surface area contributed by atoms with Crippen molar-refractivity contribution in [3.63, 3.8) is 0 Å². The smallest absolute Gasteiger partial charge is 0.138 e. The molecule has 248 valence electrons. The summed E-state index contributed by atoms with van der Waals surface area (Å²) in [6, 6.07) is 51.4. The zero-order valence-corrected chi connectivity index (χ0v) is 28.3.